The number of rotatable bonds is 11. The van der Waals surface area contributed by atoms with E-state index in [1.54, 1.807) is 12.1 Å². The van der Waals surface area contributed by atoms with E-state index in [4.69, 9.17) is 21.3 Å². The number of ketones is 1. The van der Waals surface area contributed by atoms with Crippen LogP contribution < -0.4 is 10.1 Å². The fraction of sp³-hybridized carbons (Fsp3) is 0.303. The van der Waals surface area contributed by atoms with Crippen LogP contribution in [-0.2, 0) is 22.1 Å². The topological polar surface area (TPSA) is 119 Å². The number of nitrogens with one attached hydrogen (secondary N) is 1. The number of ether oxygens (including phenoxy) is 1. The molecule has 1 amide bonds. The van der Waals surface area contributed by atoms with Gasteiger partial charge in [0, 0.05) is 29.1 Å². The maximum atomic E-state index is 13.0. The third-order valence-corrected chi connectivity index (χ3v) is 8.72. The minimum absolute atomic E-state index is 0.0665. The molecule has 0 aliphatic carbocycles. The quantitative estimate of drug-likeness (QED) is 0.222. The number of aliphatic imine (C=N–C) groups is 1. The first kappa shape index (κ1) is 31.3. The van der Waals surface area contributed by atoms with Crippen molar-refractivity contribution in [2.75, 3.05) is 13.2 Å². The number of benzene rings is 3. The van der Waals surface area contributed by atoms with E-state index < -0.39 is 14.4 Å². The Hall–Kier alpha value is -4.12. The molecule has 1 aliphatic heterocycles. The predicted molar refractivity (Wildman–Crippen MR) is 173 cm³/mol. The van der Waals surface area contributed by atoms with Gasteiger partial charge in [0.2, 0.25) is 5.91 Å². The molecule has 11 heteroatoms. The molecule has 1 unspecified atom stereocenters. The van der Waals surface area contributed by atoms with Crippen LogP contribution in [0.4, 0.5) is 0 Å². The summed E-state index contributed by atoms with van der Waals surface area (Å²) < 4.78 is 7.94. The van der Waals surface area contributed by atoms with E-state index in [0.717, 1.165) is 27.9 Å². The number of hydrogen-bond donors (Lipinski definition) is 2. The second-order valence-electron chi connectivity index (χ2n) is 11.6. The van der Waals surface area contributed by atoms with Crippen molar-refractivity contribution in [2.24, 2.45) is 4.99 Å². The lowest BCUT2D eigenvalue weighted by Gasteiger charge is -2.15. The van der Waals surface area contributed by atoms with E-state index in [1.807, 2.05) is 86.1 Å². The molecule has 228 valence electrons. The van der Waals surface area contributed by atoms with Crippen LogP contribution in [0.3, 0.4) is 0 Å². The lowest BCUT2D eigenvalue weighted by molar-refractivity contribution is -0.121. The summed E-state index contributed by atoms with van der Waals surface area (Å²) in [6.45, 7) is 7.94. The molecule has 0 bridgehead atoms. The monoisotopic (exact) mass is 629 g/mol. The Morgan fingerprint density at radius 1 is 1.05 bits per heavy atom. The molecule has 0 fully saturated rings. The number of halogens is 1. The molecule has 1 aromatic heterocycles. The Morgan fingerprint density at radius 2 is 1.80 bits per heavy atom. The smallest absolute Gasteiger partial charge is 0.222 e. The van der Waals surface area contributed by atoms with Crippen LogP contribution in [0.15, 0.2) is 71.7 Å². The van der Waals surface area contributed by atoms with Gasteiger partial charge in [0.15, 0.2) is 19.9 Å². The fourth-order valence-electron chi connectivity index (χ4n) is 5.38. The zero-order valence-corrected chi connectivity index (χ0v) is 27.1. The Kier molecular flexibility index (Phi) is 9.43. The van der Waals surface area contributed by atoms with Crippen LogP contribution in [0.1, 0.15) is 53.3 Å². The molecule has 0 spiro atoms. The number of Topliss-reactive ketones (excluding diaryl/α,β-unsaturated/α-hetero) is 1. The van der Waals surface area contributed by atoms with E-state index in [-0.39, 0.29) is 31.1 Å². The SMILES string of the molecule is CCNC(=O)CC1N=C(c2ccc(Cl)cc2)c2cc(OCC(=O)Cc3cccc(C[Si](C)(C)O)c3)ccc2-n2c(C)nnc21. The Balaban J connectivity index is 1.45. The largest absolute Gasteiger partial charge is 0.486 e. The van der Waals surface area contributed by atoms with Gasteiger partial charge in [-0.15, -0.1) is 10.2 Å². The molecule has 2 N–H and O–H groups in total. The number of nitrogens with zero attached hydrogens (tertiary/aromatic N) is 4. The number of hydrogen-bond acceptors (Lipinski definition) is 7. The lowest BCUT2D eigenvalue weighted by Crippen LogP contribution is -2.28. The molecule has 1 atom stereocenters. The van der Waals surface area contributed by atoms with Crippen LogP contribution in [0.5, 0.6) is 5.75 Å². The van der Waals surface area contributed by atoms with Gasteiger partial charge in [-0.2, -0.15) is 0 Å². The highest BCUT2D eigenvalue weighted by Gasteiger charge is 2.30. The van der Waals surface area contributed by atoms with Gasteiger partial charge in [0.1, 0.15) is 24.2 Å². The van der Waals surface area contributed by atoms with Crippen molar-refractivity contribution < 1.29 is 19.1 Å². The first-order valence-electron chi connectivity index (χ1n) is 14.6. The molecule has 4 aromatic rings. The van der Waals surface area contributed by atoms with Crippen LogP contribution in [-0.4, -0.2) is 58.4 Å². The molecule has 3 aromatic carbocycles. The Morgan fingerprint density at radius 3 is 2.52 bits per heavy atom. The molecule has 2 heterocycles. The number of aryl methyl sites for hydroxylation is 1. The third-order valence-electron chi connectivity index (χ3n) is 7.20. The second-order valence-corrected chi connectivity index (χ2v) is 16.0. The number of amides is 1. The highest BCUT2D eigenvalue weighted by atomic mass is 35.5. The standard InChI is InChI=1S/C33H36ClN5O4Si/c1-5-35-31(41)18-29-33-38-37-21(2)39(33)30-14-13-27(17-28(30)32(36-29)24-9-11-25(34)12-10-24)43-19-26(40)16-22-7-6-8-23(15-22)20-44(3,4)42/h6-15,17,29,42H,5,16,18-20H2,1-4H3,(H,35,41). The van der Waals surface area contributed by atoms with Crippen LogP contribution >= 0.6 is 11.6 Å². The minimum atomic E-state index is -2.26. The molecule has 5 rings (SSSR count). The summed E-state index contributed by atoms with van der Waals surface area (Å²) >= 11 is 6.21. The van der Waals surface area contributed by atoms with E-state index in [2.05, 4.69) is 15.5 Å². The highest BCUT2D eigenvalue weighted by molar-refractivity contribution is 6.69. The summed E-state index contributed by atoms with van der Waals surface area (Å²) in [5.41, 5.74) is 4.94. The van der Waals surface area contributed by atoms with Crippen molar-refractivity contribution in [3.05, 3.63) is 106 Å². The van der Waals surface area contributed by atoms with Crippen molar-refractivity contribution in [2.45, 2.75) is 51.9 Å². The van der Waals surface area contributed by atoms with E-state index in [0.29, 0.717) is 40.7 Å². The number of carbonyl (C=O) groups is 2. The lowest BCUT2D eigenvalue weighted by atomic mass is 10.00. The molecular formula is C33H36ClN5O4Si. The molecule has 0 radical (unpaired) electrons. The molecule has 1 aliphatic rings. The maximum absolute atomic E-state index is 13.0. The van der Waals surface area contributed by atoms with Crippen molar-refractivity contribution in [3.63, 3.8) is 0 Å². The zero-order valence-electron chi connectivity index (χ0n) is 25.3. The molecule has 0 saturated carbocycles. The first-order valence-corrected chi connectivity index (χ1v) is 18.2. The maximum Gasteiger partial charge on any atom is 0.222 e. The zero-order chi connectivity index (χ0) is 31.4. The van der Waals surface area contributed by atoms with Crippen molar-refractivity contribution in [1.82, 2.24) is 20.1 Å². The minimum Gasteiger partial charge on any atom is -0.486 e. The second kappa shape index (κ2) is 13.3. The van der Waals surface area contributed by atoms with Gasteiger partial charge < -0.3 is 14.8 Å². The first-order chi connectivity index (χ1) is 21.0. The van der Waals surface area contributed by atoms with Gasteiger partial charge >= 0.3 is 0 Å². The molecule has 0 saturated heterocycles. The average molecular weight is 630 g/mol. The summed E-state index contributed by atoms with van der Waals surface area (Å²) in [5, 5.41) is 12.2. The normalized spacial score (nSPS) is 14.2. The van der Waals surface area contributed by atoms with E-state index >= 15 is 0 Å². The number of aromatic nitrogens is 3. The van der Waals surface area contributed by atoms with Crippen LogP contribution in [0.2, 0.25) is 18.1 Å². The van der Waals surface area contributed by atoms with Crippen molar-refractivity contribution >= 4 is 37.3 Å². The van der Waals surface area contributed by atoms with Gasteiger partial charge in [-0.1, -0.05) is 48.0 Å². The number of carbonyl (C=O) groups excluding carboxylic acids is 2. The Labute approximate surface area is 263 Å². The summed E-state index contributed by atoms with van der Waals surface area (Å²) in [5.74, 6) is 1.54. The number of fused-ring (bicyclic) bond motifs is 3. The summed E-state index contributed by atoms with van der Waals surface area (Å²) in [6, 6.07) is 20.8. The van der Waals surface area contributed by atoms with Gasteiger partial charge in [-0.3, -0.25) is 19.1 Å². The Bertz CT molecular complexity index is 1710. The van der Waals surface area contributed by atoms with Crippen molar-refractivity contribution in [3.8, 4) is 11.4 Å². The third kappa shape index (κ3) is 7.50. The van der Waals surface area contributed by atoms with E-state index in [9.17, 15) is 14.4 Å². The van der Waals surface area contributed by atoms with Gasteiger partial charge in [0.25, 0.3) is 0 Å². The average Bonchev–Trinajstić information content (AvgIpc) is 3.28. The summed E-state index contributed by atoms with van der Waals surface area (Å²) in [6.07, 6.45) is 0.336. The predicted octanol–water partition coefficient (Wildman–Crippen LogP) is 5.12. The van der Waals surface area contributed by atoms with Crippen molar-refractivity contribution in [1.29, 1.82) is 0 Å². The van der Waals surface area contributed by atoms with Gasteiger partial charge in [0.05, 0.1) is 17.8 Å². The summed E-state index contributed by atoms with van der Waals surface area (Å²) in [4.78, 5) is 41.0. The molecule has 44 heavy (non-hydrogen) atoms. The molecular weight excluding hydrogens is 594 g/mol. The van der Waals surface area contributed by atoms with Gasteiger partial charge in [-0.25, -0.2) is 0 Å². The summed E-state index contributed by atoms with van der Waals surface area (Å²) in [7, 11) is -2.26. The van der Waals surface area contributed by atoms with E-state index in [1.165, 1.54) is 0 Å². The van der Waals surface area contributed by atoms with Crippen LogP contribution in [0, 0.1) is 6.92 Å². The molecule has 9 nitrogen and oxygen atoms in total. The van der Waals surface area contributed by atoms with Crippen LogP contribution in [0.25, 0.3) is 5.69 Å². The fourth-order valence-corrected chi connectivity index (χ4v) is 6.72. The highest BCUT2D eigenvalue weighted by Crippen LogP contribution is 2.34. The van der Waals surface area contributed by atoms with Gasteiger partial charge in [-0.05, 0) is 74.4 Å².